The van der Waals surface area contributed by atoms with Crippen molar-refractivity contribution in [3.8, 4) is 0 Å². The van der Waals surface area contributed by atoms with Crippen LogP contribution in [0, 0.1) is 13.8 Å². The second kappa shape index (κ2) is 12.2. The molecule has 5 heterocycles. The van der Waals surface area contributed by atoms with Crippen LogP contribution in [0.5, 0.6) is 0 Å². The highest BCUT2D eigenvalue weighted by Crippen LogP contribution is 2.36. The van der Waals surface area contributed by atoms with Gasteiger partial charge in [-0.2, -0.15) is 0 Å². The monoisotopic (exact) mass is 594 g/mol. The first-order valence-electron chi connectivity index (χ1n) is 13.9. The zero-order valence-electron chi connectivity index (χ0n) is 24.3. The van der Waals surface area contributed by atoms with Gasteiger partial charge in [0.2, 0.25) is 0 Å². The summed E-state index contributed by atoms with van der Waals surface area (Å²) in [5.74, 6) is -1.76. The lowest BCUT2D eigenvalue weighted by molar-refractivity contribution is -0.137. The fraction of sp³-hybridized carbons (Fsp3) is 0.235. The van der Waals surface area contributed by atoms with Gasteiger partial charge in [-0.25, -0.2) is 9.97 Å². The van der Waals surface area contributed by atoms with Gasteiger partial charge >= 0.3 is 11.9 Å². The van der Waals surface area contributed by atoms with Gasteiger partial charge in [-0.3, -0.25) is 9.59 Å². The number of aromatic amines is 2. The van der Waals surface area contributed by atoms with Gasteiger partial charge in [-0.15, -0.1) is 0 Å². The Kier molecular flexibility index (Phi) is 8.87. The topological polar surface area (TPSA) is 132 Å². The standard InChI is InChI=1S/C34H34N4O4.H4Si/c1-7-21-17(3)25-13-26-19(5)23(9-11-33(39)40)31(37-26)16-32-24(10-12-34(41)42)20(6)28(38-32)15-30-22(8-2)18(4)27(36-30)14-29(21)35-25;/h7-8,13-16,35,38H,1-2,9-12H2,3-6H3,(H,39,40)(H,41,42);1H4. The van der Waals surface area contributed by atoms with Crippen molar-refractivity contribution in [3.63, 3.8) is 0 Å². The van der Waals surface area contributed by atoms with Crippen LogP contribution in [0.15, 0.2) is 43.5 Å². The molecule has 0 aliphatic carbocycles. The molecule has 4 N–H and O–H groups in total. The van der Waals surface area contributed by atoms with E-state index in [1.54, 1.807) is 6.08 Å². The molecule has 222 valence electrons. The molecule has 9 heteroatoms. The third-order valence-corrected chi connectivity index (χ3v) is 8.22. The fourth-order valence-corrected chi connectivity index (χ4v) is 5.77. The average molecular weight is 595 g/mol. The van der Waals surface area contributed by atoms with E-state index in [0.29, 0.717) is 18.5 Å². The van der Waals surface area contributed by atoms with E-state index in [0.717, 1.165) is 83.7 Å². The Balaban J connectivity index is 0.00000423. The Morgan fingerprint density at radius 1 is 0.721 bits per heavy atom. The molecule has 0 fully saturated rings. The number of H-pyrrole nitrogens is 2. The quantitative estimate of drug-likeness (QED) is 0.235. The Labute approximate surface area is 254 Å². The molecule has 2 aliphatic rings. The van der Waals surface area contributed by atoms with Gasteiger partial charge in [-0.1, -0.05) is 25.3 Å². The maximum atomic E-state index is 11.5. The number of aryl methyl sites for hydroxylation is 3. The van der Waals surface area contributed by atoms with Crippen molar-refractivity contribution in [3.05, 3.63) is 88.5 Å². The lowest BCUT2D eigenvalue weighted by Gasteiger charge is -2.03. The molecule has 3 aromatic heterocycles. The highest BCUT2D eigenvalue weighted by Gasteiger charge is 2.20. The molecule has 0 saturated heterocycles. The maximum Gasteiger partial charge on any atom is 0.303 e. The van der Waals surface area contributed by atoms with E-state index in [1.807, 2.05) is 58.0 Å². The number of hydrogen-bond donors (Lipinski definition) is 4. The smallest absolute Gasteiger partial charge is 0.303 e. The molecule has 0 unspecified atom stereocenters. The van der Waals surface area contributed by atoms with Gasteiger partial charge in [0.1, 0.15) is 0 Å². The number of nitrogens with one attached hydrogen (secondary N) is 2. The van der Waals surface area contributed by atoms with E-state index in [4.69, 9.17) is 9.97 Å². The minimum Gasteiger partial charge on any atom is -0.481 e. The number of carbonyl (C=O) groups is 2. The molecule has 8 nitrogen and oxygen atoms in total. The zero-order valence-corrected chi connectivity index (χ0v) is 24.3. The van der Waals surface area contributed by atoms with Crippen LogP contribution in [0.4, 0.5) is 0 Å². The summed E-state index contributed by atoms with van der Waals surface area (Å²) in [6.45, 7) is 16.0. The molecule has 0 radical (unpaired) electrons. The summed E-state index contributed by atoms with van der Waals surface area (Å²) < 4.78 is 0. The van der Waals surface area contributed by atoms with E-state index in [9.17, 15) is 19.8 Å². The number of fused-ring (bicyclic) bond motifs is 8. The normalized spacial score (nSPS) is 12.7. The first-order valence-corrected chi connectivity index (χ1v) is 13.9. The summed E-state index contributed by atoms with van der Waals surface area (Å²) in [7, 11) is 0. The number of aliphatic carboxylic acids is 2. The van der Waals surface area contributed by atoms with Gasteiger partial charge in [0.25, 0.3) is 0 Å². The summed E-state index contributed by atoms with van der Waals surface area (Å²) >= 11 is 0. The molecule has 2 aliphatic heterocycles. The van der Waals surface area contributed by atoms with Crippen molar-refractivity contribution < 1.29 is 19.8 Å². The molecule has 0 atom stereocenters. The molecule has 0 saturated carbocycles. The number of allylic oxidation sites excluding steroid dienone is 5. The molecule has 0 aromatic carbocycles. The SMILES string of the molecule is C=CC1=C(C)c2cc3[nH]c(cc4nc(cc5[nH]c(cc1n2)c(C)c5CCC(=O)O)C(CCC(=O)O)=C4C)c(C)c3C=C.[SiH4]. The summed E-state index contributed by atoms with van der Waals surface area (Å²) in [5.41, 5.74) is 13.7. The average Bonchev–Trinajstić information content (AvgIpc) is 3.59. The van der Waals surface area contributed by atoms with Crippen LogP contribution >= 0.6 is 0 Å². The number of aromatic nitrogens is 4. The first-order chi connectivity index (χ1) is 20.0. The minimum atomic E-state index is -0.883. The highest BCUT2D eigenvalue weighted by atomic mass is 28.1. The number of rotatable bonds is 8. The molecule has 8 bridgehead atoms. The third kappa shape index (κ3) is 5.81. The van der Waals surface area contributed by atoms with Crippen molar-refractivity contribution >= 4 is 73.3 Å². The molecule has 3 aromatic rings. The van der Waals surface area contributed by atoms with Crippen molar-refractivity contribution in [2.24, 2.45) is 0 Å². The Hall–Kier alpha value is -4.76. The minimum absolute atomic E-state index is 0. The Morgan fingerprint density at radius 2 is 1.26 bits per heavy atom. The van der Waals surface area contributed by atoms with E-state index in [2.05, 4.69) is 23.1 Å². The van der Waals surface area contributed by atoms with E-state index in [1.165, 1.54) is 0 Å². The molecular formula is C34H38N4O4Si. The predicted octanol–water partition coefficient (Wildman–Crippen LogP) is 6.05. The van der Waals surface area contributed by atoms with Gasteiger partial charge < -0.3 is 20.2 Å². The Bertz CT molecular complexity index is 1920. The van der Waals surface area contributed by atoms with Crippen molar-refractivity contribution in [1.82, 2.24) is 19.9 Å². The third-order valence-electron chi connectivity index (χ3n) is 8.22. The second-order valence-electron chi connectivity index (χ2n) is 10.7. The predicted molar refractivity (Wildman–Crippen MR) is 180 cm³/mol. The highest BCUT2D eigenvalue weighted by molar-refractivity contribution is 5.98. The number of carboxylic acid groups (broad SMARTS) is 2. The summed E-state index contributed by atoms with van der Waals surface area (Å²) in [4.78, 5) is 40.0. The van der Waals surface area contributed by atoms with E-state index in [-0.39, 0.29) is 23.8 Å². The van der Waals surface area contributed by atoms with Gasteiger partial charge in [0, 0.05) is 46.0 Å². The van der Waals surface area contributed by atoms with Crippen LogP contribution in [0.3, 0.4) is 0 Å². The molecule has 0 amide bonds. The van der Waals surface area contributed by atoms with Gasteiger partial charge in [0.15, 0.2) is 0 Å². The summed E-state index contributed by atoms with van der Waals surface area (Å²) in [6, 6.07) is 7.88. The van der Waals surface area contributed by atoms with E-state index < -0.39 is 11.9 Å². The molecule has 0 spiro atoms. The molecule has 43 heavy (non-hydrogen) atoms. The zero-order chi connectivity index (χ0) is 30.3. The lowest BCUT2D eigenvalue weighted by atomic mass is 10.0. The number of nitrogens with zero attached hydrogens (tertiary/aromatic N) is 2. The fourth-order valence-electron chi connectivity index (χ4n) is 5.77. The molecular weight excluding hydrogens is 556 g/mol. The lowest BCUT2D eigenvalue weighted by Crippen LogP contribution is -1.98. The Morgan fingerprint density at radius 3 is 1.91 bits per heavy atom. The van der Waals surface area contributed by atoms with Gasteiger partial charge in [0.05, 0.1) is 22.8 Å². The van der Waals surface area contributed by atoms with Crippen LogP contribution in [0.2, 0.25) is 0 Å². The second-order valence-corrected chi connectivity index (χ2v) is 10.7. The number of carboxylic acids is 2. The van der Waals surface area contributed by atoms with Crippen LogP contribution in [0.25, 0.3) is 50.4 Å². The van der Waals surface area contributed by atoms with Gasteiger partial charge in [-0.05, 0) is 109 Å². The van der Waals surface area contributed by atoms with Crippen molar-refractivity contribution in [2.45, 2.75) is 53.4 Å². The summed E-state index contributed by atoms with van der Waals surface area (Å²) in [6.07, 6.45) is 4.22. The van der Waals surface area contributed by atoms with Crippen LogP contribution in [-0.4, -0.2) is 53.1 Å². The van der Waals surface area contributed by atoms with Crippen molar-refractivity contribution in [1.29, 1.82) is 0 Å². The maximum absolute atomic E-state index is 11.5. The number of hydrogen-bond acceptors (Lipinski definition) is 4. The van der Waals surface area contributed by atoms with Crippen molar-refractivity contribution in [2.75, 3.05) is 0 Å². The van der Waals surface area contributed by atoms with Crippen LogP contribution in [0.1, 0.15) is 78.1 Å². The molecule has 5 rings (SSSR count). The largest absolute Gasteiger partial charge is 0.481 e. The van der Waals surface area contributed by atoms with E-state index >= 15 is 0 Å². The van der Waals surface area contributed by atoms with Crippen LogP contribution < -0.4 is 0 Å². The van der Waals surface area contributed by atoms with Crippen LogP contribution in [-0.2, 0) is 16.0 Å². The first kappa shape index (κ1) is 31.2. The summed E-state index contributed by atoms with van der Waals surface area (Å²) in [5, 5.41) is 18.9.